The first-order chi connectivity index (χ1) is 12.5. The first kappa shape index (κ1) is 19.5. The summed E-state index contributed by atoms with van der Waals surface area (Å²) in [6, 6.07) is 8.16. The van der Waals surface area contributed by atoms with E-state index in [1.54, 1.807) is 0 Å². The van der Waals surface area contributed by atoms with E-state index in [0.717, 1.165) is 35.8 Å². The van der Waals surface area contributed by atoms with E-state index in [9.17, 15) is 8.42 Å². The molecule has 5 nitrogen and oxygen atoms in total. The molecule has 7 heteroatoms. The molecule has 0 bridgehead atoms. The van der Waals surface area contributed by atoms with Crippen molar-refractivity contribution in [3.05, 3.63) is 34.9 Å². The molecule has 0 radical (unpaired) electrons. The van der Waals surface area contributed by atoms with Crippen LogP contribution in [0, 0.1) is 5.92 Å². The molecule has 0 spiro atoms. The summed E-state index contributed by atoms with van der Waals surface area (Å²) in [6.45, 7) is 1.14. The second kappa shape index (κ2) is 9.09. The monoisotopic (exact) mass is 397 g/mol. The summed E-state index contributed by atoms with van der Waals surface area (Å²) in [7, 11) is -2.85. The Bertz CT molecular complexity index is 730. The number of guanidine groups is 1. The predicted molar refractivity (Wildman–Crippen MR) is 107 cm³/mol. The molecule has 0 aromatic heterocycles. The van der Waals surface area contributed by atoms with Gasteiger partial charge in [0.15, 0.2) is 15.8 Å². The van der Waals surface area contributed by atoms with Crippen molar-refractivity contribution in [2.24, 2.45) is 10.9 Å². The topological polar surface area (TPSA) is 70.6 Å². The fourth-order valence-electron chi connectivity index (χ4n) is 3.66. The van der Waals surface area contributed by atoms with Crippen LogP contribution < -0.4 is 10.6 Å². The van der Waals surface area contributed by atoms with Crippen molar-refractivity contribution in [2.75, 3.05) is 18.1 Å². The standard InChI is InChI=1S/C19H28ClN3O2S/c20-18-9-5-4-6-16(18)13-22-19(23-17-7-2-1-3-8-17)21-12-15-10-11-26(24,25)14-15/h4-6,9,15,17H,1-3,7-8,10-14H2,(H2,21,22,23). The maximum Gasteiger partial charge on any atom is 0.191 e. The van der Waals surface area contributed by atoms with E-state index in [-0.39, 0.29) is 11.7 Å². The van der Waals surface area contributed by atoms with Gasteiger partial charge in [0.1, 0.15) is 0 Å². The highest BCUT2D eigenvalue weighted by atomic mass is 35.5. The van der Waals surface area contributed by atoms with Crippen molar-refractivity contribution in [1.82, 2.24) is 10.6 Å². The van der Waals surface area contributed by atoms with Gasteiger partial charge < -0.3 is 10.6 Å². The highest BCUT2D eigenvalue weighted by Gasteiger charge is 2.28. The van der Waals surface area contributed by atoms with Crippen molar-refractivity contribution in [1.29, 1.82) is 0 Å². The summed E-state index contributed by atoms with van der Waals surface area (Å²) in [5.41, 5.74) is 0.988. The summed E-state index contributed by atoms with van der Waals surface area (Å²) >= 11 is 6.23. The van der Waals surface area contributed by atoms with E-state index < -0.39 is 9.84 Å². The number of hydrogen-bond acceptors (Lipinski definition) is 3. The number of nitrogens with one attached hydrogen (secondary N) is 2. The van der Waals surface area contributed by atoms with Gasteiger partial charge in [-0.1, -0.05) is 49.1 Å². The van der Waals surface area contributed by atoms with E-state index in [4.69, 9.17) is 16.6 Å². The van der Waals surface area contributed by atoms with Gasteiger partial charge in [-0.2, -0.15) is 0 Å². The SMILES string of the molecule is O=S1(=O)CCC(CNC(=NCc2ccccc2Cl)NC2CCCCC2)C1. The minimum atomic E-state index is -2.85. The zero-order valence-electron chi connectivity index (χ0n) is 15.1. The quantitative estimate of drug-likeness (QED) is 0.591. The average molecular weight is 398 g/mol. The molecule has 1 aromatic carbocycles. The Morgan fingerprint density at radius 1 is 1.15 bits per heavy atom. The molecule has 1 unspecified atom stereocenters. The van der Waals surface area contributed by atoms with Gasteiger partial charge in [-0.3, -0.25) is 0 Å². The zero-order chi connectivity index (χ0) is 18.4. The molecular weight excluding hydrogens is 370 g/mol. The smallest absolute Gasteiger partial charge is 0.191 e. The highest BCUT2D eigenvalue weighted by molar-refractivity contribution is 7.91. The fraction of sp³-hybridized carbons (Fsp3) is 0.632. The Balaban J connectivity index is 1.62. The van der Waals surface area contributed by atoms with E-state index in [1.807, 2.05) is 24.3 Å². The molecule has 1 aliphatic carbocycles. The molecular formula is C19H28ClN3O2S. The number of nitrogens with zero attached hydrogens (tertiary/aromatic N) is 1. The third-order valence-corrected chi connectivity index (χ3v) is 7.40. The van der Waals surface area contributed by atoms with E-state index >= 15 is 0 Å². The van der Waals surface area contributed by atoms with Crippen LogP contribution in [0.25, 0.3) is 0 Å². The Morgan fingerprint density at radius 3 is 2.62 bits per heavy atom. The van der Waals surface area contributed by atoms with Gasteiger partial charge in [0.2, 0.25) is 0 Å². The van der Waals surface area contributed by atoms with Crippen LogP contribution in [0.4, 0.5) is 0 Å². The third-order valence-electron chi connectivity index (χ3n) is 5.20. The summed E-state index contributed by atoms with van der Waals surface area (Å²) in [5.74, 6) is 1.52. The number of benzene rings is 1. The Labute approximate surface area is 161 Å². The van der Waals surface area contributed by atoms with Crippen molar-refractivity contribution < 1.29 is 8.42 Å². The van der Waals surface area contributed by atoms with Crippen molar-refractivity contribution in [2.45, 2.75) is 51.1 Å². The maximum atomic E-state index is 11.7. The molecule has 1 saturated carbocycles. The van der Waals surface area contributed by atoms with Crippen LogP contribution in [0.15, 0.2) is 29.3 Å². The molecule has 1 heterocycles. The second-order valence-corrected chi connectivity index (χ2v) is 10.0. The lowest BCUT2D eigenvalue weighted by atomic mass is 9.96. The maximum absolute atomic E-state index is 11.7. The number of halogens is 1. The van der Waals surface area contributed by atoms with Crippen LogP contribution >= 0.6 is 11.6 Å². The lowest BCUT2D eigenvalue weighted by molar-refractivity contribution is 0.408. The molecule has 2 N–H and O–H groups in total. The Morgan fingerprint density at radius 2 is 1.92 bits per heavy atom. The molecule has 0 amide bonds. The minimum absolute atomic E-state index is 0.165. The number of aliphatic imine (C=N–C) groups is 1. The van der Waals surface area contributed by atoms with Gasteiger partial charge in [0.05, 0.1) is 18.1 Å². The summed E-state index contributed by atoms with van der Waals surface area (Å²) < 4.78 is 23.3. The van der Waals surface area contributed by atoms with E-state index in [1.165, 1.54) is 19.3 Å². The van der Waals surface area contributed by atoms with Gasteiger partial charge in [-0.15, -0.1) is 0 Å². The van der Waals surface area contributed by atoms with Crippen LogP contribution in [0.2, 0.25) is 5.02 Å². The second-order valence-electron chi connectivity index (χ2n) is 7.39. The molecule has 1 aromatic rings. The van der Waals surface area contributed by atoms with Crippen LogP contribution in [0.1, 0.15) is 44.1 Å². The normalized spacial score (nSPS) is 23.7. The first-order valence-corrected chi connectivity index (χ1v) is 11.7. The fourth-order valence-corrected chi connectivity index (χ4v) is 5.72. The van der Waals surface area contributed by atoms with Crippen LogP contribution in [-0.2, 0) is 16.4 Å². The molecule has 1 atom stereocenters. The highest BCUT2D eigenvalue weighted by Crippen LogP contribution is 2.19. The van der Waals surface area contributed by atoms with Gasteiger partial charge >= 0.3 is 0 Å². The van der Waals surface area contributed by atoms with Crippen molar-refractivity contribution in [3.63, 3.8) is 0 Å². The van der Waals surface area contributed by atoms with Crippen LogP contribution in [0.3, 0.4) is 0 Å². The summed E-state index contributed by atoms with van der Waals surface area (Å²) in [6.07, 6.45) is 6.84. The predicted octanol–water partition coefficient (Wildman–Crippen LogP) is 3.14. The van der Waals surface area contributed by atoms with Gasteiger partial charge in [-0.05, 0) is 36.8 Å². The molecule has 2 aliphatic rings. The average Bonchev–Trinajstić information content (AvgIpc) is 2.98. The minimum Gasteiger partial charge on any atom is -0.356 e. The van der Waals surface area contributed by atoms with E-state index in [0.29, 0.717) is 24.9 Å². The molecule has 1 aliphatic heterocycles. The van der Waals surface area contributed by atoms with E-state index in [2.05, 4.69) is 10.6 Å². The lowest BCUT2D eigenvalue weighted by Gasteiger charge is -2.25. The molecule has 3 rings (SSSR count). The van der Waals surface area contributed by atoms with Gasteiger partial charge in [-0.25, -0.2) is 13.4 Å². The summed E-state index contributed by atoms with van der Waals surface area (Å²) in [5, 5.41) is 7.62. The number of sulfone groups is 1. The van der Waals surface area contributed by atoms with Crippen molar-refractivity contribution in [3.8, 4) is 0 Å². The van der Waals surface area contributed by atoms with Crippen LogP contribution in [-0.4, -0.2) is 38.5 Å². The molecule has 144 valence electrons. The Kier molecular flexibility index (Phi) is 6.81. The molecule has 1 saturated heterocycles. The zero-order valence-corrected chi connectivity index (χ0v) is 16.7. The Hall–Kier alpha value is -1.27. The molecule has 26 heavy (non-hydrogen) atoms. The first-order valence-electron chi connectivity index (χ1n) is 9.50. The lowest BCUT2D eigenvalue weighted by Crippen LogP contribution is -2.45. The summed E-state index contributed by atoms with van der Waals surface area (Å²) in [4.78, 5) is 4.71. The van der Waals surface area contributed by atoms with Gasteiger partial charge in [0.25, 0.3) is 0 Å². The number of rotatable bonds is 5. The van der Waals surface area contributed by atoms with Crippen LogP contribution in [0.5, 0.6) is 0 Å². The molecule has 2 fully saturated rings. The van der Waals surface area contributed by atoms with Crippen molar-refractivity contribution >= 4 is 27.4 Å². The largest absolute Gasteiger partial charge is 0.356 e. The number of hydrogen-bond donors (Lipinski definition) is 2. The third kappa shape index (κ3) is 5.88. The van der Waals surface area contributed by atoms with Gasteiger partial charge in [0, 0.05) is 17.6 Å².